The fourth-order valence-corrected chi connectivity index (χ4v) is 4.80. The highest BCUT2D eigenvalue weighted by molar-refractivity contribution is 9.11. The smallest absolute Gasteiger partial charge is 0.253 e. The Labute approximate surface area is 224 Å². The first kappa shape index (κ1) is 27.6. The Morgan fingerprint density at radius 1 is 1.17 bits per heavy atom. The summed E-state index contributed by atoms with van der Waals surface area (Å²) in [6.45, 7) is 14.6. The number of allylic oxidation sites excluding steroid dienone is 4. The lowest BCUT2D eigenvalue weighted by molar-refractivity contribution is 0.0710. The number of nitrogens with zero attached hydrogens (tertiary/aromatic N) is 4. The number of aryl methyl sites for hydroxylation is 2. The van der Waals surface area contributed by atoms with Gasteiger partial charge >= 0.3 is 0 Å². The molecule has 0 unspecified atom stereocenters. The van der Waals surface area contributed by atoms with E-state index < -0.39 is 0 Å². The minimum atomic E-state index is 0.131. The number of carbonyl (C=O) groups excluding carboxylic acids is 1. The maximum absolute atomic E-state index is 12.8. The normalized spacial score (nSPS) is 17.5. The summed E-state index contributed by atoms with van der Waals surface area (Å²) in [5, 5.41) is 0. The van der Waals surface area contributed by atoms with Gasteiger partial charge in [-0.2, -0.15) is 0 Å². The Hall–Kier alpha value is -2.99. The number of halogens is 1. The second-order valence-corrected chi connectivity index (χ2v) is 9.95. The van der Waals surface area contributed by atoms with Crippen molar-refractivity contribution in [1.29, 1.82) is 0 Å². The third-order valence-corrected chi connectivity index (χ3v) is 7.26. The Bertz CT molecular complexity index is 1140. The standard InChI is InChI=1S/C23H28BrN3O.C7H9N/c1-5-20(24)22-25-21(15-17(4)27(22)6-2)18-10-12-26(13-11-18)23(28)19-9-7-8-16(3)14-19;1-2-7-4-3-5-8-6-7/h5,7-9,14-15,18H,1,6,10-13H2,2-4H3;3-6H,2H2,1H3/b22-20+;. The molecule has 1 amide bonds. The van der Waals surface area contributed by atoms with Crippen LogP contribution >= 0.6 is 15.9 Å². The van der Waals surface area contributed by atoms with Crippen molar-refractivity contribution in [3.05, 3.63) is 100 Å². The minimum Gasteiger partial charge on any atom is -0.339 e. The number of aliphatic imine (C=N–C) groups is 1. The second kappa shape index (κ2) is 13.4. The summed E-state index contributed by atoms with van der Waals surface area (Å²) in [5.74, 6) is 1.42. The Morgan fingerprint density at radius 2 is 1.92 bits per heavy atom. The van der Waals surface area contributed by atoms with Crippen LogP contribution in [0, 0.1) is 12.8 Å². The van der Waals surface area contributed by atoms with Crippen molar-refractivity contribution in [2.24, 2.45) is 10.9 Å². The molecule has 1 aromatic carbocycles. The monoisotopic (exact) mass is 548 g/mol. The summed E-state index contributed by atoms with van der Waals surface area (Å²) in [4.78, 5) is 25.9. The molecule has 2 aliphatic rings. The van der Waals surface area contributed by atoms with E-state index in [1.54, 1.807) is 12.3 Å². The first-order valence-corrected chi connectivity index (χ1v) is 13.5. The summed E-state index contributed by atoms with van der Waals surface area (Å²) in [7, 11) is 0. The average Bonchev–Trinajstić information content (AvgIpc) is 2.92. The van der Waals surface area contributed by atoms with E-state index in [9.17, 15) is 4.79 Å². The van der Waals surface area contributed by atoms with E-state index in [4.69, 9.17) is 4.99 Å². The van der Waals surface area contributed by atoms with Crippen molar-refractivity contribution >= 4 is 27.5 Å². The van der Waals surface area contributed by atoms with Crippen molar-refractivity contribution in [2.45, 2.75) is 47.0 Å². The largest absolute Gasteiger partial charge is 0.339 e. The van der Waals surface area contributed by atoms with E-state index in [0.29, 0.717) is 5.92 Å². The third-order valence-electron chi connectivity index (χ3n) is 6.58. The SMILES string of the molecule is C=C/C(Br)=C1/N=C(C2CCN(C(=O)c3cccc(C)c3)CC2)C=C(C)N1CC.CCc1cccnc1. The molecular weight excluding hydrogens is 512 g/mol. The van der Waals surface area contributed by atoms with Gasteiger partial charge in [-0.3, -0.25) is 9.78 Å². The molecule has 3 heterocycles. The van der Waals surface area contributed by atoms with Crippen LogP contribution in [0.5, 0.6) is 0 Å². The second-order valence-electron chi connectivity index (χ2n) is 9.09. The van der Waals surface area contributed by atoms with Gasteiger partial charge in [0.1, 0.15) is 5.82 Å². The summed E-state index contributed by atoms with van der Waals surface area (Å²) >= 11 is 3.59. The van der Waals surface area contributed by atoms with Gasteiger partial charge in [0.05, 0.1) is 4.48 Å². The first-order chi connectivity index (χ1) is 17.4. The van der Waals surface area contributed by atoms with E-state index in [2.05, 4.69) is 65.3 Å². The van der Waals surface area contributed by atoms with Crippen LogP contribution in [0.1, 0.15) is 55.1 Å². The number of rotatable bonds is 5. The lowest BCUT2D eigenvalue weighted by Gasteiger charge is -2.35. The molecule has 5 nitrogen and oxygen atoms in total. The number of benzene rings is 1. The molecule has 2 aliphatic heterocycles. The van der Waals surface area contributed by atoms with E-state index in [0.717, 1.165) is 66.0 Å². The van der Waals surface area contributed by atoms with Gasteiger partial charge < -0.3 is 9.80 Å². The molecular formula is C30H37BrN4O. The van der Waals surface area contributed by atoms with Crippen LogP contribution in [0.4, 0.5) is 0 Å². The molecule has 1 fully saturated rings. The molecule has 190 valence electrons. The van der Waals surface area contributed by atoms with Crippen LogP contribution in [0.2, 0.25) is 0 Å². The lowest BCUT2D eigenvalue weighted by Crippen LogP contribution is -2.40. The van der Waals surface area contributed by atoms with Crippen LogP contribution in [0.15, 0.2) is 88.5 Å². The fourth-order valence-electron chi connectivity index (χ4n) is 4.50. The van der Waals surface area contributed by atoms with Crippen molar-refractivity contribution in [3.63, 3.8) is 0 Å². The molecule has 4 rings (SSSR count). The number of amides is 1. The maximum atomic E-state index is 12.8. The zero-order valence-corrected chi connectivity index (χ0v) is 23.5. The number of hydrogen-bond acceptors (Lipinski definition) is 4. The zero-order chi connectivity index (χ0) is 26.1. The molecule has 0 bridgehead atoms. The lowest BCUT2D eigenvalue weighted by atomic mass is 9.90. The molecule has 0 N–H and O–H groups in total. The molecule has 0 saturated carbocycles. The van der Waals surface area contributed by atoms with Crippen molar-refractivity contribution in [2.75, 3.05) is 19.6 Å². The van der Waals surface area contributed by atoms with Gasteiger partial charge in [-0.05, 0) is 85.8 Å². The first-order valence-electron chi connectivity index (χ1n) is 12.7. The molecule has 0 radical (unpaired) electrons. The molecule has 2 aromatic rings. The molecule has 0 atom stereocenters. The number of likely N-dealkylation sites (tertiary alicyclic amines) is 1. The summed E-state index contributed by atoms with van der Waals surface area (Å²) < 4.78 is 0.909. The predicted octanol–water partition coefficient (Wildman–Crippen LogP) is 6.92. The molecule has 0 spiro atoms. The topological polar surface area (TPSA) is 48.8 Å². The van der Waals surface area contributed by atoms with Gasteiger partial charge in [-0.25, -0.2) is 4.99 Å². The van der Waals surface area contributed by atoms with Crippen LogP contribution in [-0.4, -0.2) is 46.0 Å². The minimum absolute atomic E-state index is 0.131. The van der Waals surface area contributed by atoms with E-state index in [1.165, 1.54) is 11.3 Å². The fraction of sp³-hybridized carbons (Fsp3) is 0.367. The zero-order valence-electron chi connectivity index (χ0n) is 21.9. The van der Waals surface area contributed by atoms with Gasteiger partial charge in [0, 0.05) is 54.9 Å². The third kappa shape index (κ3) is 7.03. The van der Waals surface area contributed by atoms with Crippen LogP contribution < -0.4 is 0 Å². The Kier molecular flexibility index (Phi) is 10.2. The Balaban J connectivity index is 0.000000383. The molecule has 36 heavy (non-hydrogen) atoms. The molecule has 0 aliphatic carbocycles. The van der Waals surface area contributed by atoms with Crippen LogP contribution in [0.25, 0.3) is 0 Å². The number of hydrogen-bond donors (Lipinski definition) is 0. The van der Waals surface area contributed by atoms with Crippen molar-refractivity contribution in [1.82, 2.24) is 14.8 Å². The van der Waals surface area contributed by atoms with Crippen molar-refractivity contribution in [3.8, 4) is 0 Å². The predicted molar refractivity (Wildman–Crippen MR) is 153 cm³/mol. The van der Waals surface area contributed by atoms with Crippen LogP contribution in [0.3, 0.4) is 0 Å². The summed E-state index contributed by atoms with van der Waals surface area (Å²) in [6.07, 6.45) is 10.6. The maximum Gasteiger partial charge on any atom is 0.253 e. The van der Waals surface area contributed by atoms with E-state index in [-0.39, 0.29) is 5.91 Å². The van der Waals surface area contributed by atoms with Gasteiger partial charge in [0.15, 0.2) is 0 Å². The number of pyridine rings is 1. The van der Waals surface area contributed by atoms with Crippen molar-refractivity contribution < 1.29 is 4.79 Å². The quantitative estimate of drug-likeness (QED) is 0.407. The highest BCUT2D eigenvalue weighted by atomic mass is 79.9. The summed E-state index contributed by atoms with van der Waals surface area (Å²) in [6, 6.07) is 11.9. The summed E-state index contributed by atoms with van der Waals surface area (Å²) in [5.41, 5.74) is 5.50. The van der Waals surface area contributed by atoms with E-state index in [1.807, 2.05) is 48.4 Å². The highest BCUT2D eigenvalue weighted by Crippen LogP contribution is 2.30. The van der Waals surface area contributed by atoms with Gasteiger partial charge in [-0.15, -0.1) is 0 Å². The highest BCUT2D eigenvalue weighted by Gasteiger charge is 2.28. The van der Waals surface area contributed by atoms with Gasteiger partial charge in [0.2, 0.25) is 0 Å². The number of carbonyl (C=O) groups is 1. The van der Waals surface area contributed by atoms with Crippen LogP contribution in [-0.2, 0) is 6.42 Å². The number of piperidine rings is 1. The van der Waals surface area contributed by atoms with Gasteiger partial charge in [-0.1, -0.05) is 43.3 Å². The Morgan fingerprint density at radius 3 is 2.47 bits per heavy atom. The van der Waals surface area contributed by atoms with E-state index >= 15 is 0 Å². The molecule has 6 heteroatoms. The number of aromatic nitrogens is 1. The molecule has 1 aromatic heterocycles. The van der Waals surface area contributed by atoms with Gasteiger partial charge in [0.25, 0.3) is 5.91 Å². The molecule has 1 saturated heterocycles. The average molecular weight is 550 g/mol.